The van der Waals surface area contributed by atoms with Gasteiger partial charge in [0, 0.05) is 0 Å². The molecule has 1 aromatic carbocycles. The van der Waals surface area contributed by atoms with E-state index >= 15 is 0 Å². The number of unbranched alkanes of at least 4 members (excludes halogenated alkanes) is 18. The van der Waals surface area contributed by atoms with Gasteiger partial charge in [-0.15, -0.1) is 0 Å². The van der Waals surface area contributed by atoms with Crippen LogP contribution < -0.4 is 4.57 Å². The zero-order valence-electron chi connectivity index (χ0n) is 24.1. The van der Waals surface area contributed by atoms with Crippen LogP contribution in [-0.4, -0.2) is 4.98 Å². The van der Waals surface area contributed by atoms with Crippen molar-refractivity contribution in [2.75, 3.05) is 0 Å². The van der Waals surface area contributed by atoms with Gasteiger partial charge in [-0.2, -0.15) is 4.57 Å². The normalized spacial score (nSPS) is 12.3. The molecule has 0 aliphatic heterocycles. The summed E-state index contributed by atoms with van der Waals surface area (Å²) in [5.74, 6) is 2.05. The highest BCUT2D eigenvalue weighted by Gasteiger charge is 2.23. The van der Waals surface area contributed by atoms with Gasteiger partial charge in [-0.1, -0.05) is 160 Å². The van der Waals surface area contributed by atoms with Crippen LogP contribution in [0.15, 0.2) is 42.7 Å². The SMILES string of the molecule is CCCCCCCCCCCCCC[C@H](CCCCCCCCCC)c1[nH]cc[n+]1-c1ccccc1. The van der Waals surface area contributed by atoms with Gasteiger partial charge in [-0.3, -0.25) is 0 Å². The molecule has 1 aromatic heterocycles. The van der Waals surface area contributed by atoms with Crippen LogP contribution in [0.2, 0.25) is 0 Å². The van der Waals surface area contributed by atoms with E-state index in [1.807, 2.05) is 0 Å². The number of para-hydroxylation sites is 1. The third kappa shape index (κ3) is 13.7. The van der Waals surface area contributed by atoms with E-state index in [0.717, 1.165) is 0 Å². The summed E-state index contributed by atoms with van der Waals surface area (Å²) in [5.41, 5.74) is 1.28. The number of aromatic nitrogens is 2. The summed E-state index contributed by atoms with van der Waals surface area (Å²) < 4.78 is 2.40. The van der Waals surface area contributed by atoms with Gasteiger partial charge in [-0.05, 0) is 25.0 Å². The first-order valence-electron chi connectivity index (χ1n) is 16.0. The molecule has 1 heterocycles. The Labute approximate surface area is 224 Å². The molecule has 1 N–H and O–H groups in total. The molecule has 2 rings (SSSR count). The summed E-state index contributed by atoms with van der Waals surface area (Å²) in [6.45, 7) is 4.61. The van der Waals surface area contributed by atoms with Crippen molar-refractivity contribution in [3.8, 4) is 5.69 Å². The van der Waals surface area contributed by atoms with Gasteiger partial charge in [-0.25, -0.2) is 4.98 Å². The molecule has 0 saturated carbocycles. The van der Waals surface area contributed by atoms with Crippen LogP contribution in [0.25, 0.3) is 5.69 Å². The Morgan fingerprint density at radius 1 is 0.556 bits per heavy atom. The zero-order chi connectivity index (χ0) is 25.5. The largest absolute Gasteiger partial charge is 0.262 e. The average molecular weight is 496 g/mol. The zero-order valence-corrected chi connectivity index (χ0v) is 24.1. The lowest BCUT2D eigenvalue weighted by atomic mass is 9.93. The number of H-pyrrole nitrogens is 1. The fourth-order valence-corrected chi connectivity index (χ4v) is 5.65. The monoisotopic (exact) mass is 495 g/mol. The highest BCUT2D eigenvalue weighted by atomic mass is 15.1. The molecule has 2 heteroatoms. The van der Waals surface area contributed by atoms with Crippen molar-refractivity contribution in [1.29, 1.82) is 0 Å². The molecule has 0 fully saturated rings. The van der Waals surface area contributed by atoms with Crippen molar-refractivity contribution in [2.45, 2.75) is 161 Å². The van der Waals surface area contributed by atoms with Gasteiger partial charge in [0.25, 0.3) is 5.82 Å². The maximum atomic E-state index is 3.64. The molecule has 0 bridgehead atoms. The van der Waals surface area contributed by atoms with Crippen molar-refractivity contribution < 1.29 is 4.57 Å². The molecule has 2 aromatic rings. The number of hydrogen-bond donors (Lipinski definition) is 1. The summed E-state index contributed by atoms with van der Waals surface area (Å²) in [6, 6.07) is 10.9. The third-order valence-corrected chi connectivity index (χ3v) is 7.95. The van der Waals surface area contributed by atoms with Crippen LogP contribution in [0.4, 0.5) is 0 Å². The molecule has 1 atom stereocenters. The van der Waals surface area contributed by atoms with E-state index in [2.05, 4.69) is 66.1 Å². The minimum absolute atomic E-state index is 0.642. The van der Waals surface area contributed by atoms with Crippen LogP contribution >= 0.6 is 0 Å². The lowest BCUT2D eigenvalue weighted by Gasteiger charge is -2.14. The van der Waals surface area contributed by atoms with Crippen LogP contribution in [-0.2, 0) is 0 Å². The number of benzene rings is 1. The summed E-state index contributed by atoms with van der Waals surface area (Å²) in [6.07, 6.45) is 35.3. The number of hydrogen-bond acceptors (Lipinski definition) is 0. The Bertz CT molecular complexity index is 720. The highest BCUT2D eigenvalue weighted by Crippen LogP contribution is 2.27. The Kier molecular flexibility index (Phi) is 18.3. The molecule has 36 heavy (non-hydrogen) atoms. The number of rotatable bonds is 24. The summed E-state index contributed by atoms with van der Waals surface area (Å²) in [5, 5.41) is 0. The molecule has 0 radical (unpaired) electrons. The fraction of sp³-hybridized carbons (Fsp3) is 0.735. The van der Waals surface area contributed by atoms with Gasteiger partial charge in [0.15, 0.2) is 0 Å². The molecular formula is C34H59N2+. The maximum Gasteiger partial charge on any atom is 0.262 e. The molecule has 0 saturated heterocycles. The summed E-state index contributed by atoms with van der Waals surface area (Å²) >= 11 is 0. The van der Waals surface area contributed by atoms with Crippen molar-refractivity contribution in [2.24, 2.45) is 0 Å². The van der Waals surface area contributed by atoms with Gasteiger partial charge >= 0.3 is 0 Å². The molecule has 0 unspecified atom stereocenters. The third-order valence-electron chi connectivity index (χ3n) is 7.95. The predicted octanol–water partition coefficient (Wildman–Crippen LogP) is 11.0. The van der Waals surface area contributed by atoms with Crippen LogP contribution in [0.1, 0.15) is 167 Å². The Hall–Kier alpha value is -1.57. The van der Waals surface area contributed by atoms with E-state index in [1.165, 1.54) is 153 Å². The van der Waals surface area contributed by atoms with E-state index in [-0.39, 0.29) is 0 Å². The second-order valence-electron chi connectivity index (χ2n) is 11.2. The van der Waals surface area contributed by atoms with E-state index in [4.69, 9.17) is 0 Å². The van der Waals surface area contributed by atoms with Gasteiger partial charge in [0.05, 0.1) is 5.92 Å². The number of nitrogens with zero attached hydrogens (tertiary/aromatic N) is 1. The van der Waals surface area contributed by atoms with Crippen LogP contribution in [0, 0.1) is 0 Å². The number of aromatic amines is 1. The predicted molar refractivity (Wildman–Crippen MR) is 158 cm³/mol. The molecule has 0 amide bonds. The maximum absolute atomic E-state index is 3.64. The van der Waals surface area contributed by atoms with Gasteiger partial charge < -0.3 is 0 Å². The van der Waals surface area contributed by atoms with Crippen molar-refractivity contribution in [1.82, 2.24) is 4.98 Å². The van der Waals surface area contributed by atoms with Crippen molar-refractivity contribution >= 4 is 0 Å². The molecule has 0 aliphatic carbocycles. The molecule has 0 spiro atoms. The van der Waals surface area contributed by atoms with Crippen LogP contribution in [0.3, 0.4) is 0 Å². The Morgan fingerprint density at radius 3 is 1.42 bits per heavy atom. The smallest absolute Gasteiger partial charge is 0.247 e. The molecule has 2 nitrogen and oxygen atoms in total. The second-order valence-corrected chi connectivity index (χ2v) is 11.2. The minimum atomic E-state index is 0.642. The number of imidazole rings is 1. The van der Waals surface area contributed by atoms with Crippen molar-refractivity contribution in [3.63, 3.8) is 0 Å². The first kappa shape index (κ1) is 30.7. The summed E-state index contributed by atoms with van der Waals surface area (Å²) in [4.78, 5) is 3.64. The van der Waals surface area contributed by atoms with Crippen molar-refractivity contribution in [3.05, 3.63) is 48.5 Å². The quantitative estimate of drug-likeness (QED) is 0.110. The van der Waals surface area contributed by atoms with Gasteiger partial charge in [0.1, 0.15) is 18.1 Å². The highest BCUT2D eigenvalue weighted by molar-refractivity contribution is 5.22. The van der Waals surface area contributed by atoms with E-state index in [0.29, 0.717) is 5.92 Å². The lowest BCUT2D eigenvalue weighted by Crippen LogP contribution is -2.34. The van der Waals surface area contributed by atoms with Crippen LogP contribution in [0.5, 0.6) is 0 Å². The van der Waals surface area contributed by atoms with E-state index in [9.17, 15) is 0 Å². The minimum Gasteiger partial charge on any atom is -0.247 e. The topological polar surface area (TPSA) is 19.7 Å². The van der Waals surface area contributed by atoms with E-state index < -0.39 is 0 Å². The lowest BCUT2D eigenvalue weighted by molar-refractivity contribution is -0.604. The van der Waals surface area contributed by atoms with Gasteiger partial charge in [0.2, 0.25) is 0 Å². The molecule has 0 aliphatic rings. The first-order chi connectivity index (χ1) is 17.9. The summed E-state index contributed by atoms with van der Waals surface area (Å²) in [7, 11) is 0. The average Bonchev–Trinajstić information content (AvgIpc) is 3.40. The Morgan fingerprint density at radius 2 is 0.972 bits per heavy atom. The Balaban J connectivity index is 1.71. The molecular weight excluding hydrogens is 436 g/mol. The van der Waals surface area contributed by atoms with E-state index in [1.54, 1.807) is 0 Å². The number of nitrogens with one attached hydrogen (secondary N) is 1. The second kappa shape index (κ2) is 21.5. The first-order valence-corrected chi connectivity index (χ1v) is 16.0. The standard InChI is InChI=1S/C34H58N2/c1-3-5-7-9-11-13-14-15-16-18-20-23-27-32(26-22-19-17-12-10-8-6-4-2)34-35-30-31-36(34)33-28-24-21-25-29-33/h21,24-25,28-32H,3-20,22-23,26-27H2,1-2H3/p+1/t32-/m0/s1. The fourth-order valence-electron chi connectivity index (χ4n) is 5.65. The molecule has 204 valence electrons.